The van der Waals surface area contributed by atoms with Gasteiger partial charge in [-0.1, -0.05) is 12.1 Å². The van der Waals surface area contributed by atoms with Gasteiger partial charge in [0.2, 0.25) is 0 Å². The minimum Gasteiger partial charge on any atom is -0.497 e. The molecular weight excluding hydrogens is 333 g/mol. The summed E-state index contributed by atoms with van der Waals surface area (Å²) in [6, 6.07) is 13.5. The summed E-state index contributed by atoms with van der Waals surface area (Å²) in [6.45, 7) is 4.02. The molecule has 0 saturated heterocycles. The molecule has 0 unspecified atom stereocenters. The number of ether oxygens (including phenoxy) is 1. The van der Waals surface area contributed by atoms with E-state index in [1.54, 1.807) is 30.8 Å². The third-order valence-corrected chi connectivity index (χ3v) is 4.20. The molecule has 0 fully saturated rings. The Balaban J connectivity index is 1.77. The average Bonchev–Trinajstić information content (AvgIpc) is 2.95. The number of nitrogens with zero attached hydrogens (tertiary/aromatic N) is 2. The molecule has 0 bridgehead atoms. The Kier molecular flexibility index (Phi) is 5.02. The molecule has 0 aliphatic rings. The van der Waals surface area contributed by atoms with Gasteiger partial charge in [0.25, 0.3) is 5.91 Å². The van der Waals surface area contributed by atoms with Crippen LogP contribution in [0.2, 0.25) is 0 Å². The van der Waals surface area contributed by atoms with E-state index >= 15 is 0 Å². The summed E-state index contributed by atoms with van der Waals surface area (Å²) in [5.41, 5.74) is 3.55. The molecule has 0 saturated carbocycles. The van der Waals surface area contributed by atoms with Crippen molar-refractivity contribution in [2.24, 2.45) is 0 Å². The predicted molar refractivity (Wildman–Crippen MR) is 97.2 cm³/mol. The van der Waals surface area contributed by atoms with Crippen LogP contribution >= 0.6 is 0 Å². The number of amides is 1. The van der Waals surface area contributed by atoms with Crippen molar-refractivity contribution in [3.63, 3.8) is 0 Å². The second kappa shape index (κ2) is 7.39. The van der Waals surface area contributed by atoms with Gasteiger partial charge in [-0.25, -0.2) is 9.07 Å². The first kappa shape index (κ1) is 17.7. The molecule has 26 heavy (non-hydrogen) atoms. The SMILES string of the molecule is COc1ccc(CNC(=O)c2c(C)nn(-c3ccc(F)cc3)c2C)cc1. The maximum Gasteiger partial charge on any atom is 0.255 e. The molecule has 3 rings (SSSR count). The monoisotopic (exact) mass is 353 g/mol. The number of aromatic nitrogens is 2. The highest BCUT2D eigenvalue weighted by atomic mass is 19.1. The Morgan fingerprint density at radius 3 is 2.38 bits per heavy atom. The van der Waals surface area contributed by atoms with Gasteiger partial charge in [0, 0.05) is 6.54 Å². The van der Waals surface area contributed by atoms with Crippen LogP contribution in [0.25, 0.3) is 5.69 Å². The van der Waals surface area contributed by atoms with Crippen molar-refractivity contribution in [2.45, 2.75) is 20.4 Å². The lowest BCUT2D eigenvalue weighted by Gasteiger charge is -2.08. The minimum atomic E-state index is -0.312. The van der Waals surface area contributed by atoms with Gasteiger partial charge in [-0.05, 0) is 55.8 Å². The maximum atomic E-state index is 13.1. The number of rotatable bonds is 5. The normalized spacial score (nSPS) is 10.6. The maximum absolute atomic E-state index is 13.1. The quantitative estimate of drug-likeness (QED) is 0.763. The van der Waals surface area contributed by atoms with Crippen LogP contribution in [0, 0.1) is 19.7 Å². The molecular formula is C20H20FN3O2. The van der Waals surface area contributed by atoms with Crippen molar-refractivity contribution in [1.29, 1.82) is 0 Å². The fraction of sp³-hybridized carbons (Fsp3) is 0.200. The van der Waals surface area contributed by atoms with E-state index in [1.165, 1.54) is 12.1 Å². The van der Waals surface area contributed by atoms with Gasteiger partial charge in [-0.15, -0.1) is 0 Å². The van der Waals surface area contributed by atoms with Crippen LogP contribution in [-0.2, 0) is 6.54 Å². The van der Waals surface area contributed by atoms with E-state index in [1.807, 2.05) is 31.2 Å². The van der Waals surface area contributed by atoms with E-state index in [-0.39, 0.29) is 11.7 Å². The van der Waals surface area contributed by atoms with Crippen molar-refractivity contribution < 1.29 is 13.9 Å². The number of carbonyl (C=O) groups is 1. The van der Waals surface area contributed by atoms with Crippen LogP contribution in [0.3, 0.4) is 0 Å². The Morgan fingerprint density at radius 2 is 1.77 bits per heavy atom. The van der Waals surface area contributed by atoms with Crippen LogP contribution in [-0.4, -0.2) is 22.8 Å². The van der Waals surface area contributed by atoms with Crippen molar-refractivity contribution >= 4 is 5.91 Å². The number of hydrogen-bond donors (Lipinski definition) is 1. The third kappa shape index (κ3) is 3.59. The Labute approximate surface area is 151 Å². The standard InChI is InChI=1S/C20H20FN3O2/c1-13-19(14(2)24(23-13)17-8-6-16(21)7-9-17)20(25)22-12-15-4-10-18(26-3)11-5-15/h4-11H,12H2,1-3H3,(H,22,25). The van der Waals surface area contributed by atoms with Crippen LogP contribution in [0.5, 0.6) is 5.75 Å². The summed E-state index contributed by atoms with van der Waals surface area (Å²) in [7, 11) is 1.61. The lowest BCUT2D eigenvalue weighted by atomic mass is 10.1. The van der Waals surface area contributed by atoms with Crippen LogP contribution in [0.15, 0.2) is 48.5 Å². The Morgan fingerprint density at radius 1 is 1.12 bits per heavy atom. The summed E-state index contributed by atoms with van der Waals surface area (Å²) >= 11 is 0. The summed E-state index contributed by atoms with van der Waals surface area (Å²) in [5.74, 6) is 0.268. The molecule has 6 heteroatoms. The molecule has 1 amide bonds. The van der Waals surface area contributed by atoms with Gasteiger partial charge in [0.1, 0.15) is 11.6 Å². The molecule has 0 atom stereocenters. The smallest absolute Gasteiger partial charge is 0.255 e. The molecule has 134 valence electrons. The molecule has 1 N–H and O–H groups in total. The van der Waals surface area contributed by atoms with E-state index in [0.717, 1.165) is 11.3 Å². The summed E-state index contributed by atoms with van der Waals surface area (Å²) < 4.78 is 19.9. The zero-order valence-electron chi connectivity index (χ0n) is 14.9. The molecule has 5 nitrogen and oxygen atoms in total. The van der Waals surface area contributed by atoms with Crippen LogP contribution < -0.4 is 10.1 Å². The van der Waals surface area contributed by atoms with E-state index < -0.39 is 0 Å². The van der Waals surface area contributed by atoms with Gasteiger partial charge in [-0.3, -0.25) is 4.79 Å². The number of hydrogen-bond acceptors (Lipinski definition) is 3. The van der Waals surface area contributed by atoms with Gasteiger partial charge in [0.15, 0.2) is 0 Å². The lowest BCUT2D eigenvalue weighted by molar-refractivity contribution is 0.0949. The number of benzene rings is 2. The summed E-state index contributed by atoms with van der Waals surface area (Å²) in [6.07, 6.45) is 0. The number of methoxy groups -OCH3 is 1. The Hall–Kier alpha value is -3.15. The highest BCUT2D eigenvalue weighted by Crippen LogP contribution is 2.18. The lowest BCUT2D eigenvalue weighted by Crippen LogP contribution is -2.24. The molecule has 0 aliphatic carbocycles. The van der Waals surface area contributed by atoms with E-state index in [9.17, 15) is 9.18 Å². The van der Waals surface area contributed by atoms with Gasteiger partial charge in [-0.2, -0.15) is 5.10 Å². The van der Waals surface area contributed by atoms with Gasteiger partial charge < -0.3 is 10.1 Å². The van der Waals surface area contributed by atoms with Crippen LogP contribution in [0.4, 0.5) is 4.39 Å². The first-order chi connectivity index (χ1) is 12.5. The van der Waals surface area contributed by atoms with Crippen molar-refractivity contribution in [2.75, 3.05) is 7.11 Å². The zero-order valence-corrected chi connectivity index (χ0v) is 14.9. The zero-order chi connectivity index (χ0) is 18.7. The highest BCUT2D eigenvalue weighted by Gasteiger charge is 2.19. The van der Waals surface area contributed by atoms with Crippen molar-refractivity contribution in [1.82, 2.24) is 15.1 Å². The first-order valence-electron chi connectivity index (χ1n) is 8.23. The second-order valence-electron chi connectivity index (χ2n) is 5.96. The largest absolute Gasteiger partial charge is 0.497 e. The molecule has 0 radical (unpaired) electrons. The number of halogens is 1. The van der Waals surface area contributed by atoms with Crippen molar-refractivity contribution in [3.05, 3.63) is 76.9 Å². The first-order valence-corrected chi connectivity index (χ1v) is 8.23. The fourth-order valence-corrected chi connectivity index (χ4v) is 2.82. The molecule has 1 aromatic heterocycles. The average molecular weight is 353 g/mol. The number of carbonyl (C=O) groups excluding carboxylic acids is 1. The Bertz CT molecular complexity index is 915. The van der Waals surface area contributed by atoms with Gasteiger partial charge in [0.05, 0.1) is 29.7 Å². The molecule has 0 spiro atoms. The second-order valence-corrected chi connectivity index (χ2v) is 5.96. The van der Waals surface area contributed by atoms with E-state index in [4.69, 9.17) is 4.74 Å². The third-order valence-electron chi connectivity index (χ3n) is 4.20. The van der Waals surface area contributed by atoms with Crippen LogP contribution in [0.1, 0.15) is 27.3 Å². The number of aryl methyl sites for hydroxylation is 1. The van der Waals surface area contributed by atoms with E-state index in [0.29, 0.717) is 29.2 Å². The fourth-order valence-electron chi connectivity index (χ4n) is 2.82. The summed E-state index contributed by atoms with van der Waals surface area (Å²) in [4.78, 5) is 12.6. The number of nitrogens with one attached hydrogen (secondary N) is 1. The molecule has 0 aliphatic heterocycles. The van der Waals surface area contributed by atoms with Crippen molar-refractivity contribution in [3.8, 4) is 11.4 Å². The van der Waals surface area contributed by atoms with Gasteiger partial charge >= 0.3 is 0 Å². The summed E-state index contributed by atoms with van der Waals surface area (Å²) in [5, 5.41) is 7.34. The topological polar surface area (TPSA) is 56.1 Å². The molecule has 3 aromatic rings. The predicted octanol–water partition coefficient (Wildman–Crippen LogP) is 3.57. The highest BCUT2D eigenvalue weighted by molar-refractivity contribution is 5.96. The van der Waals surface area contributed by atoms with E-state index in [2.05, 4.69) is 10.4 Å². The molecule has 1 heterocycles. The minimum absolute atomic E-state index is 0.191. The molecule has 2 aromatic carbocycles.